The predicted octanol–water partition coefficient (Wildman–Crippen LogP) is 3.49. The molecule has 4 heteroatoms. The molecule has 0 saturated heterocycles. The summed E-state index contributed by atoms with van der Waals surface area (Å²) in [5.41, 5.74) is 8.73. The Bertz CT molecular complexity index is 596. The second-order valence-corrected chi connectivity index (χ2v) is 5.21. The second kappa shape index (κ2) is 6.59. The summed E-state index contributed by atoms with van der Waals surface area (Å²) in [7, 11) is 3.60. The number of ether oxygens (including phenoxy) is 1. The van der Waals surface area contributed by atoms with Gasteiger partial charge in [-0.1, -0.05) is 0 Å². The molecule has 0 fully saturated rings. The highest BCUT2D eigenvalue weighted by molar-refractivity contribution is 5.66. The SMILES string of the molecule is COc1ccc(N(C)c2ccc(F)cc2CC(C)N)cc1. The predicted molar refractivity (Wildman–Crippen MR) is 84.8 cm³/mol. The van der Waals surface area contributed by atoms with Crippen LogP contribution in [0.5, 0.6) is 5.75 Å². The van der Waals surface area contributed by atoms with Crippen LogP contribution in [0.25, 0.3) is 0 Å². The molecule has 0 amide bonds. The maximum Gasteiger partial charge on any atom is 0.123 e. The monoisotopic (exact) mass is 288 g/mol. The number of benzene rings is 2. The summed E-state index contributed by atoms with van der Waals surface area (Å²) < 4.78 is 18.6. The van der Waals surface area contributed by atoms with Crippen molar-refractivity contribution in [2.24, 2.45) is 5.73 Å². The first-order valence-electron chi connectivity index (χ1n) is 6.93. The minimum Gasteiger partial charge on any atom is -0.497 e. The Morgan fingerprint density at radius 2 is 1.86 bits per heavy atom. The van der Waals surface area contributed by atoms with Gasteiger partial charge >= 0.3 is 0 Å². The molecule has 2 aromatic rings. The van der Waals surface area contributed by atoms with Crippen LogP contribution < -0.4 is 15.4 Å². The fourth-order valence-electron chi connectivity index (χ4n) is 2.34. The molecule has 0 radical (unpaired) electrons. The number of nitrogens with zero attached hydrogens (tertiary/aromatic N) is 1. The van der Waals surface area contributed by atoms with Crippen LogP contribution in [0.15, 0.2) is 42.5 Å². The van der Waals surface area contributed by atoms with Crippen molar-refractivity contribution in [3.05, 3.63) is 53.8 Å². The number of halogens is 1. The molecule has 1 unspecified atom stereocenters. The van der Waals surface area contributed by atoms with Gasteiger partial charge in [-0.25, -0.2) is 4.39 Å². The molecule has 2 rings (SSSR count). The van der Waals surface area contributed by atoms with Gasteiger partial charge < -0.3 is 15.4 Å². The largest absolute Gasteiger partial charge is 0.497 e. The lowest BCUT2D eigenvalue weighted by Gasteiger charge is -2.23. The molecule has 0 aliphatic rings. The third-order valence-electron chi connectivity index (χ3n) is 3.40. The number of rotatable bonds is 5. The molecule has 0 aromatic heterocycles. The van der Waals surface area contributed by atoms with Gasteiger partial charge in [0.05, 0.1) is 7.11 Å². The molecule has 0 heterocycles. The first-order valence-corrected chi connectivity index (χ1v) is 6.93. The van der Waals surface area contributed by atoms with Crippen LogP contribution in [0.4, 0.5) is 15.8 Å². The highest BCUT2D eigenvalue weighted by Crippen LogP contribution is 2.29. The molecule has 0 saturated carbocycles. The van der Waals surface area contributed by atoms with Crippen LogP contribution in [0, 0.1) is 5.82 Å². The third-order valence-corrected chi connectivity index (χ3v) is 3.40. The van der Waals surface area contributed by atoms with Crippen molar-refractivity contribution in [3.63, 3.8) is 0 Å². The summed E-state index contributed by atoms with van der Waals surface area (Å²) in [6, 6.07) is 12.5. The Balaban J connectivity index is 2.34. The minimum atomic E-state index is -0.238. The van der Waals surface area contributed by atoms with Gasteiger partial charge in [0, 0.05) is 24.5 Å². The third kappa shape index (κ3) is 3.73. The van der Waals surface area contributed by atoms with Crippen molar-refractivity contribution in [2.75, 3.05) is 19.1 Å². The smallest absolute Gasteiger partial charge is 0.123 e. The molecule has 2 aromatic carbocycles. The van der Waals surface area contributed by atoms with E-state index in [1.54, 1.807) is 19.2 Å². The van der Waals surface area contributed by atoms with Crippen molar-refractivity contribution >= 4 is 11.4 Å². The molecule has 3 nitrogen and oxygen atoms in total. The van der Waals surface area contributed by atoms with Gasteiger partial charge in [-0.2, -0.15) is 0 Å². The van der Waals surface area contributed by atoms with Gasteiger partial charge in [0.15, 0.2) is 0 Å². The average Bonchev–Trinajstić information content (AvgIpc) is 2.46. The zero-order valence-corrected chi connectivity index (χ0v) is 12.6. The zero-order valence-electron chi connectivity index (χ0n) is 12.6. The number of anilines is 2. The highest BCUT2D eigenvalue weighted by atomic mass is 19.1. The van der Waals surface area contributed by atoms with Crippen LogP contribution in [0.3, 0.4) is 0 Å². The minimum absolute atomic E-state index is 0.0187. The highest BCUT2D eigenvalue weighted by Gasteiger charge is 2.12. The summed E-state index contributed by atoms with van der Waals surface area (Å²) in [4.78, 5) is 2.02. The Labute approximate surface area is 125 Å². The summed E-state index contributed by atoms with van der Waals surface area (Å²) in [5, 5.41) is 0. The van der Waals surface area contributed by atoms with E-state index < -0.39 is 0 Å². The van der Waals surface area contributed by atoms with E-state index in [2.05, 4.69) is 0 Å². The van der Waals surface area contributed by atoms with E-state index in [9.17, 15) is 4.39 Å². The number of hydrogen-bond donors (Lipinski definition) is 1. The molecule has 2 N–H and O–H groups in total. The van der Waals surface area contributed by atoms with Crippen LogP contribution in [0.1, 0.15) is 12.5 Å². The standard InChI is InChI=1S/C17H21FN2O/c1-12(19)10-13-11-14(18)4-9-17(13)20(2)15-5-7-16(21-3)8-6-15/h4-9,11-12H,10,19H2,1-3H3. The zero-order chi connectivity index (χ0) is 15.4. The molecule has 0 aliphatic carbocycles. The Hall–Kier alpha value is -2.07. The van der Waals surface area contributed by atoms with E-state index in [-0.39, 0.29) is 11.9 Å². The lowest BCUT2D eigenvalue weighted by molar-refractivity contribution is 0.415. The number of methoxy groups -OCH3 is 1. The maximum absolute atomic E-state index is 13.5. The molecule has 21 heavy (non-hydrogen) atoms. The van der Waals surface area contributed by atoms with E-state index in [1.807, 2.05) is 43.1 Å². The van der Waals surface area contributed by atoms with Gasteiger partial charge in [-0.05, 0) is 61.4 Å². The van der Waals surface area contributed by atoms with Crippen molar-refractivity contribution in [2.45, 2.75) is 19.4 Å². The van der Waals surface area contributed by atoms with E-state index in [0.29, 0.717) is 6.42 Å². The Morgan fingerprint density at radius 1 is 1.19 bits per heavy atom. The normalized spacial score (nSPS) is 12.0. The summed E-state index contributed by atoms with van der Waals surface area (Å²) in [6.07, 6.45) is 0.633. The molecule has 112 valence electrons. The van der Waals surface area contributed by atoms with Crippen LogP contribution in [0.2, 0.25) is 0 Å². The lowest BCUT2D eigenvalue weighted by atomic mass is 10.0. The van der Waals surface area contributed by atoms with Gasteiger partial charge in [0.2, 0.25) is 0 Å². The van der Waals surface area contributed by atoms with Crippen molar-refractivity contribution < 1.29 is 9.13 Å². The van der Waals surface area contributed by atoms with Gasteiger partial charge in [-0.3, -0.25) is 0 Å². The quantitative estimate of drug-likeness (QED) is 0.915. The molecule has 0 bridgehead atoms. The number of nitrogens with two attached hydrogens (primary N) is 1. The van der Waals surface area contributed by atoms with Crippen molar-refractivity contribution in [3.8, 4) is 5.75 Å². The topological polar surface area (TPSA) is 38.5 Å². The van der Waals surface area contributed by atoms with E-state index >= 15 is 0 Å². The van der Waals surface area contributed by atoms with E-state index in [0.717, 1.165) is 22.7 Å². The molecule has 1 atom stereocenters. The van der Waals surface area contributed by atoms with Crippen molar-refractivity contribution in [1.29, 1.82) is 0 Å². The van der Waals surface area contributed by atoms with E-state index in [4.69, 9.17) is 10.5 Å². The van der Waals surface area contributed by atoms with Gasteiger partial charge in [0.1, 0.15) is 11.6 Å². The summed E-state index contributed by atoms with van der Waals surface area (Å²) in [5.74, 6) is 0.569. The molecule has 0 spiro atoms. The maximum atomic E-state index is 13.5. The molecular formula is C17H21FN2O. The van der Waals surface area contributed by atoms with E-state index in [1.165, 1.54) is 6.07 Å². The van der Waals surface area contributed by atoms with Crippen LogP contribution in [-0.2, 0) is 6.42 Å². The fraction of sp³-hybridized carbons (Fsp3) is 0.294. The van der Waals surface area contributed by atoms with Crippen molar-refractivity contribution in [1.82, 2.24) is 0 Å². The summed E-state index contributed by atoms with van der Waals surface area (Å²) >= 11 is 0. The fourth-order valence-corrected chi connectivity index (χ4v) is 2.34. The molecule has 0 aliphatic heterocycles. The summed E-state index contributed by atoms with van der Waals surface area (Å²) in [6.45, 7) is 1.92. The van der Waals surface area contributed by atoms with Gasteiger partial charge in [-0.15, -0.1) is 0 Å². The van der Waals surface area contributed by atoms with Gasteiger partial charge in [0.25, 0.3) is 0 Å². The van der Waals surface area contributed by atoms with Crippen LogP contribution in [-0.4, -0.2) is 20.2 Å². The Morgan fingerprint density at radius 3 is 2.43 bits per heavy atom. The number of hydrogen-bond acceptors (Lipinski definition) is 3. The van der Waals surface area contributed by atoms with Crippen LogP contribution >= 0.6 is 0 Å². The first kappa shape index (κ1) is 15.3. The second-order valence-electron chi connectivity index (χ2n) is 5.21. The Kier molecular flexibility index (Phi) is 4.81. The average molecular weight is 288 g/mol. The molecular weight excluding hydrogens is 267 g/mol. The first-order chi connectivity index (χ1) is 10.0. The lowest BCUT2D eigenvalue weighted by Crippen LogP contribution is -2.20.